The van der Waals surface area contributed by atoms with Gasteiger partial charge in [-0.05, 0) is 37.1 Å². The maximum atomic E-state index is 12.4. The Hall–Kier alpha value is -3.02. The number of carbonyl (C=O) groups excluding carboxylic acids is 2. The molecule has 0 unspecified atom stereocenters. The molecule has 0 radical (unpaired) electrons. The number of amides is 2. The lowest BCUT2D eigenvalue weighted by Crippen LogP contribution is -2.50. The van der Waals surface area contributed by atoms with Gasteiger partial charge in [-0.25, -0.2) is 0 Å². The third kappa shape index (κ3) is 7.10. The Bertz CT molecular complexity index is 707. The second-order valence-corrected chi connectivity index (χ2v) is 7.29. The third-order valence-corrected chi connectivity index (χ3v) is 5.08. The van der Waals surface area contributed by atoms with Gasteiger partial charge in [0, 0.05) is 39.0 Å². The Morgan fingerprint density at radius 2 is 1.00 bits per heavy atom. The molecule has 0 aliphatic carbocycles. The third-order valence-electron chi connectivity index (χ3n) is 5.08. The summed E-state index contributed by atoms with van der Waals surface area (Å²) in [6.45, 7) is 3.46. The van der Waals surface area contributed by atoms with Crippen molar-refractivity contribution in [2.24, 2.45) is 0 Å². The van der Waals surface area contributed by atoms with Crippen LogP contribution in [0.2, 0.25) is 0 Å². The van der Waals surface area contributed by atoms with E-state index in [9.17, 15) is 9.59 Å². The molecule has 2 amide bonds. The van der Waals surface area contributed by atoms with E-state index in [1.807, 2.05) is 70.5 Å². The second-order valence-electron chi connectivity index (χ2n) is 7.29. The maximum Gasteiger partial charge on any atom is 0.222 e. The zero-order valence-corrected chi connectivity index (χ0v) is 17.4. The van der Waals surface area contributed by atoms with Gasteiger partial charge in [0.05, 0.1) is 13.2 Å². The van der Waals surface area contributed by atoms with Gasteiger partial charge in [-0.1, -0.05) is 36.4 Å². The first-order valence-electron chi connectivity index (χ1n) is 10.6. The number of carbonyl (C=O) groups is 2. The van der Waals surface area contributed by atoms with Gasteiger partial charge in [0.1, 0.15) is 11.5 Å². The fourth-order valence-electron chi connectivity index (χ4n) is 3.38. The van der Waals surface area contributed by atoms with E-state index < -0.39 is 0 Å². The van der Waals surface area contributed by atoms with E-state index in [-0.39, 0.29) is 11.8 Å². The quantitative estimate of drug-likeness (QED) is 0.564. The lowest BCUT2D eigenvalue weighted by Gasteiger charge is -2.35. The van der Waals surface area contributed by atoms with Crippen molar-refractivity contribution in [1.82, 2.24) is 9.80 Å². The molecule has 0 spiro atoms. The van der Waals surface area contributed by atoms with E-state index in [1.54, 1.807) is 0 Å². The number of rotatable bonds is 10. The van der Waals surface area contributed by atoms with Gasteiger partial charge in [0.2, 0.25) is 11.8 Å². The summed E-state index contributed by atoms with van der Waals surface area (Å²) in [5, 5.41) is 0. The minimum Gasteiger partial charge on any atom is -0.494 e. The molecule has 3 rings (SSSR count). The Morgan fingerprint density at radius 3 is 1.37 bits per heavy atom. The summed E-state index contributed by atoms with van der Waals surface area (Å²) >= 11 is 0. The molecule has 1 saturated heterocycles. The van der Waals surface area contributed by atoms with Gasteiger partial charge in [0.25, 0.3) is 0 Å². The molecule has 1 heterocycles. The van der Waals surface area contributed by atoms with Crippen molar-refractivity contribution in [3.8, 4) is 11.5 Å². The molecule has 2 aromatic rings. The average Bonchev–Trinajstić information content (AvgIpc) is 2.81. The maximum absolute atomic E-state index is 12.4. The molecule has 0 saturated carbocycles. The van der Waals surface area contributed by atoms with Gasteiger partial charge in [0.15, 0.2) is 0 Å². The van der Waals surface area contributed by atoms with Gasteiger partial charge in [-0.2, -0.15) is 0 Å². The number of piperazine rings is 1. The average molecular weight is 411 g/mol. The van der Waals surface area contributed by atoms with Crippen LogP contribution in [0.15, 0.2) is 60.7 Å². The first-order chi connectivity index (χ1) is 14.7. The van der Waals surface area contributed by atoms with E-state index in [0.717, 1.165) is 11.5 Å². The summed E-state index contributed by atoms with van der Waals surface area (Å²) in [6.07, 6.45) is 2.32. The van der Waals surface area contributed by atoms with Crippen LogP contribution in [0.4, 0.5) is 0 Å². The van der Waals surface area contributed by atoms with Crippen molar-refractivity contribution >= 4 is 11.8 Å². The highest BCUT2D eigenvalue weighted by atomic mass is 16.5. The van der Waals surface area contributed by atoms with Crippen LogP contribution in [0.3, 0.4) is 0 Å². The zero-order chi connectivity index (χ0) is 21.0. The molecule has 30 heavy (non-hydrogen) atoms. The standard InChI is InChI=1S/C24H30N2O4/c27-23(13-7-19-29-21-9-3-1-4-10-21)25-15-17-26(18-16-25)24(28)14-8-20-30-22-11-5-2-6-12-22/h1-6,9-12H,7-8,13-20H2. The van der Waals surface area contributed by atoms with Crippen LogP contribution in [0.1, 0.15) is 25.7 Å². The van der Waals surface area contributed by atoms with Crippen molar-refractivity contribution in [2.75, 3.05) is 39.4 Å². The van der Waals surface area contributed by atoms with Crippen LogP contribution in [-0.2, 0) is 9.59 Å². The molecular weight excluding hydrogens is 380 g/mol. The van der Waals surface area contributed by atoms with Gasteiger partial charge < -0.3 is 19.3 Å². The molecule has 1 aliphatic rings. The number of hydrogen-bond acceptors (Lipinski definition) is 4. The minimum atomic E-state index is 0.134. The van der Waals surface area contributed by atoms with Crippen LogP contribution < -0.4 is 9.47 Å². The fraction of sp³-hybridized carbons (Fsp3) is 0.417. The van der Waals surface area contributed by atoms with Crippen molar-refractivity contribution in [3.05, 3.63) is 60.7 Å². The van der Waals surface area contributed by atoms with Gasteiger partial charge in [-0.3, -0.25) is 9.59 Å². The SMILES string of the molecule is O=C(CCCOc1ccccc1)N1CCN(C(=O)CCCOc2ccccc2)CC1. The molecular formula is C24H30N2O4. The molecule has 2 aromatic carbocycles. The summed E-state index contributed by atoms with van der Waals surface area (Å²) in [7, 11) is 0. The summed E-state index contributed by atoms with van der Waals surface area (Å²) < 4.78 is 11.3. The monoisotopic (exact) mass is 410 g/mol. The first kappa shape index (κ1) is 21.7. The van der Waals surface area contributed by atoms with E-state index in [2.05, 4.69) is 0 Å². The summed E-state index contributed by atoms with van der Waals surface area (Å²) in [4.78, 5) is 28.5. The second kappa shape index (κ2) is 11.9. The van der Waals surface area contributed by atoms with Gasteiger partial charge in [-0.15, -0.1) is 0 Å². The molecule has 6 heteroatoms. The number of hydrogen-bond donors (Lipinski definition) is 0. The Morgan fingerprint density at radius 1 is 0.633 bits per heavy atom. The summed E-state index contributed by atoms with van der Waals surface area (Å²) in [5.41, 5.74) is 0. The highest BCUT2D eigenvalue weighted by molar-refractivity contribution is 5.78. The highest BCUT2D eigenvalue weighted by Gasteiger charge is 2.23. The van der Waals surface area contributed by atoms with E-state index in [1.165, 1.54) is 0 Å². The van der Waals surface area contributed by atoms with Crippen LogP contribution in [0.25, 0.3) is 0 Å². The number of nitrogens with zero attached hydrogens (tertiary/aromatic N) is 2. The van der Waals surface area contributed by atoms with E-state index in [0.29, 0.717) is 65.1 Å². The summed E-state index contributed by atoms with van der Waals surface area (Å²) in [5.74, 6) is 1.92. The lowest BCUT2D eigenvalue weighted by atomic mass is 10.2. The number of para-hydroxylation sites is 2. The van der Waals surface area contributed by atoms with Crippen molar-refractivity contribution in [2.45, 2.75) is 25.7 Å². The zero-order valence-electron chi connectivity index (χ0n) is 17.4. The normalized spacial score (nSPS) is 13.7. The van der Waals surface area contributed by atoms with Gasteiger partial charge >= 0.3 is 0 Å². The van der Waals surface area contributed by atoms with Crippen LogP contribution in [-0.4, -0.2) is 61.0 Å². The smallest absolute Gasteiger partial charge is 0.222 e. The van der Waals surface area contributed by atoms with E-state index >= 15 is 0 Å². The molecule has 0 N–H and O–H groups in total. The molecule has 0 aromatic heterocycles. The summed E-state index contributed by atoms with van der Waals surface area (Å²) in [6, 6.07) is 19.2. The van der Waals surface area contributed by atoms with Crippen LogP contribution in [0.5, 0.6) is 11.5 Å². The molecule has 160 valence electrons. The largest absolute Gasteiger partial charge is 0.494 e. The van der Waals surface area contributed by atoms with E-state index in [4.69, 9.17) is 9.47 Å². The Kier molecular flexibility index (Phi) is 8.57. The van der Waals surface area contributed by atoms with Crippen molar-refractivity contribution < 1.29 is 19.1 Å². The first-order valence-corrected chi connectivity index (χ1v) is 10.6. The molecule has 0 atom stereocenters. The fourth-order valence-corrected chi connectivity index (χ4v) is 3.38. The Balaban J connectivity index is 1.26. The Labute approximate surface area is 178 Å². The predicted octanol–water partition coefficient (Wildman–Crippen LogP) is 3.38. The van der Waals surface area contributed by atoms with Crippen molar-refractivity contribution in [3.63, 3.8) is 0 Å². The highest BCUT2D eigenvalue weighted by Crippen LogP contribution is 2.12. The topological polar surface area (TPSA) is 59.1 Å². The molecule has 1 aliphatic heterocycles. The van der Waals surface area contributed by atoms with Crippen LogP contribution >= 0.6 is 0 Å². The van der Waals surface area contributed by atoms with Crippen molar-refractivity contribution in [1.29, 1.82) is 0 Å². The molecule has 6 nitrogen and oxygen atoms in total. The number of ether oxygens (including phenoxy) is 2. The molecule has 1 fully saturated rings. The number of benzene rings is 2. The lowest BCUT2D eigenvalue weighted by molar-refractivity contribution is -0.139. The minimum absolute atomic E-state index is 0.134. The molecule has 0 bridgehead atoms. The predicted molar refractivity (Wildman–Crippen MR) is 116 cm³/mol. The van der Waals surface area contributed by atoms with Crippen LogP contribution in [0, 0.1) is 0 Å².